The molecule has 0 radical (unpaired) electrons. The Morgan fingerprint density at radius 1 is 1.16 bits per heavy atom. The summed E-state index contributed by atoms with van der Waals surface area (Å²) in [6.45, 7) is 0. The van der Waals surface area contributed by atoms with E-state index in [9.17, 15) is 4.79 Å². The van der Waals surface area contributed by atoms with Gasteiger partial charge in [0.15, 0.2) is 10.4 Å². The molecule has 0 saturated carbocycles. The van der Waals surface area contributed by atoms with Gasteiger partial charge < -0.3 is 9.32 Å². The zero-order chi connectivity index (χ0) is 13.8. The van der Waals surface area contributed by atoms with Crippen molar-refractivity contribution in [2.45, 2.75) is 0 Å². The number of benzene rings is 1. The maximum absolute atomic E-state index is 11.8. The number of nitrogens with zero attached hydrogens (tertiary/aromatic N) is 1. The molecule has 0 spiro atoms. The topological polar surface area (TPSA) is 33.5 Å². The van der Waals surface area contributed by atoms with Gasteiger partial charge in [-0.05, 0) is 51.8 Å². The van der Waals surface area contributed by atoms with Crippen LogP contribution in [0.15, 0.2) is 51.6 Å². The minimum Gasteiger partial charge on any atom is -0.446 e. The van der Waals surface area contributed by atoms with E-state index in [-0.39, 0.29) is 5.78 Å². The highest BCUT2D eigenvalue weighted by Gasteiger charge is 2.06. The van der Waals surface area contributed by atoms with Crippen molar-refractivity contribution in [2.75, 3.05) is 19.0 Å². The lowest BCUT2D eigenvalue weighted by Gasteiger charge is -2.11. The summed E-state index contributed by atoms with van der Waals surface area (Å²) in [7, 11) is 3.98. The van der Waals surface area contributed by atoms with Gasteiger partial charge in [0.1, 0.15) is 0 Å². The predicted octanol–water partition coefficient (Wildman–Crippen LogP) is 4.00. The molecule has 1 aromatic heterocycles. The van der Waals surface area contributed by atoms with Crippen LogP contribution >= 0.6 is 15.9 Å². The van der Waals surface area contributed by atoms with Gasteiger partial charge in [0.25, 0.3) is 0 Å². The van der Waals surface area contributed by atoms with Gasteiger partial charge in [-0.25, -0.2) is 0 Å². The summed E-state index contributed by atoms with van der Waals surface area (Å²) in [5, 5.41) is 0. The van der Waals surface area contributed by atoms with E-state index in [1.54, 1.807) is 18.2 Å². The summed E-state index contributed by atoms with van der Waals surface area (Å²) in [5.41, 5.74) is 2.10. The van der Waals surface area contributed by atoms with E-state index in [0.29, 0.717) is 10.4 Å². The van der Waals surface area contributed by atoms with Crippen molar-refractivity contribution >= 4 is 33.5 Å². The molecule has 98 valence electrons. The third-order valence-corrected chi connectivity index (χ3v) is 3.08. The number of furan rings is 1. The summed E-state index contributed by atoms with van der Waals surface area (Å²) in [4.78, 5) is 13.8. The first-order valence-corrected chi connectivity index (χ1v) is 6.61. The molecule has 0 amide bonds. The number of carbonyl (C=O) groups excluding carboxylic acids is 1. The van der Waals surface area contributed by atoms with Gasteiger partial charge in [-0.3, -0.25) is 4.79 Å². The molecule has 0 bridgehead atoms. The van der Waals surface area contributed by atoms with Crippen LogP contribution in [0.2, 0.25) is 0 Å². The Balaban J connectivity index is 2.08. The summed E-state index contributed by atoms with van der Waals surface area (Å²) < 4.78 is 5.75. The zero-order valence-corrected chi connectivity index (χ0v) is 12.3. The van der Waals surface area contributed by atoms with Crippen LogP contribution in [0.25, 0.3) is 6.08 Å². The molecule has 1 aromatic carbocycles. The van der Waals surface area contributed by atoms with Gasteiger partial charge >= 0.3 is 0 Å². The molecule has 0 unspecified atom stereocenters. The first kappa shape index (κ1) is 13.6. The molecule has 0 saturated heterocycles. The summed E-state index contributed by atoms with van der Waals surface area (Å²) >= 11 is 3.17. The van der Waals surface area contributed by atoms with Crippen LogP contribution in [0.1, 0.15) is 16.1 Å². The Kier molecular flexibility index (Phi) is 4.22. The zero-order valence-electron chi connectivity index (χ0n) is 10.8. The third kappa shape index (κ3) is 3.58. The maximum atomic E-state index is 11.8. The van der Waals surface area contributed by atoms with Crippen molar-refractivity contribution in [3.63, 3.8) is 0 Å². The first-order chi connectivity index (χ1) is 9.06. The molecule has 0 atom stereocenters. The van der Waals surface area contributed by atoms with Crippen molar-refractivity contribution in [1.82, 2.24) is 0 Å². The fourth-order valence-corrected chi connectivity index (χ4v) is 1.89. The molecular weight excluding hydrogens is 306 g/mol. The highest BCUT2D eigenvalue weighted by molar-refractivity contribution is 9.10. The van der Waals surface area contributed by atoms with Crippen LogP contribution in [0, 0.1) is 0 Å². The van der Waals surface area contributed by atoms with E-state index in [0.717, 1.165) is 11.3 Å². The second-order valence-corrected chi connectivity index (χ2v) is 5.07. The molecule has 0 fully saturated rings. The Morgan fingerprint density at radius 2 is 1.84 bits per heavy atom. The quantitative estimate of drug-likeness (QED) is 0.630. The largest absolute Gasteiger partial charge is 0.446 e. The monoisotopic (exact) mass is 319 g/mol. The average molecular weight is 320 g/mol. The molecule has 4 heteroatoms. The molecule has 3 nitrogen and oxygen atoms in total. The van der Waals surface area contributed by atoms with E-state index in [2.05, 4.69) is 15.9 Å². The molecule has 0 aliphatic carbocycles. The minimum atomic E-state index is -0.151. The standard InChI is InChI=1S/C15H14BrNO2/c1-17(2)12-6-3-11(4-7-12)5-8-13(18)14-9-10-15(16)19-14/h3-10H,1-2H3/b8-5+. The smallest absolute Gasteiger partial charge is 0.221 e. The molecular formula is C15H14BrNO2. The van der Waals surface area contributed by atoms with Gasteiger partial charge in [0.05, 0.1) is 0 Å². The van der Waals surface area contributed by atoms with Crippen LogP contribution in [0.5, 0.6) is 0 Å². The predicted molar refractivity (Wildman–Crippen MR) is 80.5 cm³/mol. The van der Waals surface area contributed by atoms with Crippen LogP contribution in [0.3, 0.4) is 0 Å². The maximum Gasteiger partial charge on any atom is 0.221 e. The lowest BCUT2D eigenvalue weighted by atomic mass is 10.1. The van der Waals surface area contributed by atoms with E-state index in [4.69, 9.17) is 4.42 Å². The number of hydrogen-bond donors (Lipinski definition) is 0. The second-order valence-electron chi connectivity index (χ2n) is 4.29. The number of allylic oxidation sites excluding steroid dienone is 1. The molecule has 2 rings (SSSR count). The minimum absolute atomic E-state index is 0.151. The van der Waals surface area contributed by atoms with Crippen molar-refractivity contribution in [2.24, 2.45) is 0 Å². The van der Waals surface area contributed by atoms with Crippen molar-refractivity contribution in [3.8, 4) is 0 Å². The van der Waals surface area contributed by atoms with Crippen molar-refractivity contribution in [3.05, 3.63) is 58.5 Å². The van der Waals surface area contributed by atoms with E-state index >= 15 is 0 Å². The molecule has 0 aliphatic heterocycles. The third-order valence-electron chi connectivity index (χ3n) is 2.65. The van der Waals surface area contributed by atoms with E-state index in [1.165, 1.54) is 6.08 Å². The fourth-order valence-electron chi connectivity index (χ4n) is 1.58. The molecule has 0 aliphatic rings. The van der Waals surface area contributed by atoms with E-state index < -0.39 is 0 Å². The van der Waals surface area contributed by atoms with Gasteiger partial charge in [0.2, 0.25) is 5.78 Å². The van der Waals surface area contributed by atoms with Crippen molar-refractivity contribution in [1.29, 1.82) is 0 Å². The number of rotatable bonds is 4. The molecule has 2 aromatic rings. The highest BCUT2D eigenvalue weighted by Crippen LogP contribution is 2.16. The van der Waals surface area contributed by atoms with E-state index in [1.807, 2.05) is 43.3 Å². The number of hydrogen-bond acceptors (Lipinski definition) is 3. The Morgan fingerprint density at radius 3 is 2.37 bits per heavy atom. The SMILES string of the molecule is CN(C)c1ccc(/C=C/C(=O)c2ccc(Br)o2)cc1. The van der Waals surface area contributed by atoms with Crippen LogP contribution in [-0.2, 0) is 0 Å². The fraction of sp³-hybridized carbons (Fsp3) is 0.133. The van der Waals surface area contributed by atoms with Crippen LogP contribution in [-0.4, -0.2) is 19.9 Å². The lowest BCUT2D eigenvalue weighted by molar-refractivity contribution is 0.102. The van der Waals surface area contributed by atoms with Gasteiger partial charge in [0, 0.05) is 19.8 Å². The summed E-state index contributed by atoms with van der Waals surface area (Å²) in [5.74, 6) is 0.176. The van der Waals surface area contributed by atoms with Crippen LogP contribution < -0.4 is 4.90 Å². The number of ketones is 1. The second kappa shape index (κ2) is 5.89. The Hall–Kier alpha value is -1.81. The molecule has 1 heterocycles. The lowest BCUT2D eigenvalue weighted by Crippen LogP contribution is -2.07. The van der Waals surface area contributed by atoms with Gasteiger partial charge in [-0.15, -0.1) is 0 Å². The summed E-state index contributed by atoms with van der Waals surface area (Å²) in [6.07, 6.45) is 3.29. The van der Waals surface area contributed by atoms with Crippen molar-refractivity contribution < 1.29 is 9.21 Å². The Bertz CT molecular complexity index is 597. The first-order valence-electron chi connectivity index (χ1n) is 5.81. The average Bonchev–Trinajstić information content (AvgIpc) is 2.83. The highest BCUT2D eigenvalue weighted by atomic mass is 79.9. The van der Waals surface area contributed by atoms with Gasteiger partial charge in [-0.2, -0.15) is 0 Å². The Labute approximate surface area is 120 Å². The normalized spacial score (nSPS) is 10.9. The number of carbonyl (C=O) groups is 1. The van der Waals surface area contributed by atoms with Gasteiger partial charge in [-0.1, -0.05) is 18.2 Å². The summed E-state index contributed by atoms with van der Waals surface area (Å²) in [6, 6.07) is 11.3. The number of anilines is 1. The number of halogens is 1. The van der Waals surface area contributed by atoms with Crippen LogP contribution in [0.4, 0.5) is 5.69 Å². The molecule has 0 N–H and O–H groups in total. The molecule has 19 heavy (non-hydrogen) atoms.